The normalized spacial score (nSPS) is 28.9. The minimum Gasteiger partial charge on any atom is -0.373 e. The first-order valence-corrected chi connectivity index (χ1v) is 8.86. The highest BCUT2D eigenvalue weighted by atomic mass is 32.1. The Kier molecular flexibility index (Phi) is 4.70. The van der Waals surface area contributed by atoms with Crippen LogP contribution in [0.2, 0.25) is 0 Å². The fraction of sp³-hybridized carbons (Fsp3) is 0.688. The third-order valence-electron chi connectivity index (χ3n) is 4.61. The lowest BCUT2D eigenvalue weighted by Crippen LogP contribution is -2.51. The molecule has 0 bridgehead atoms. The van der Waals surface area contributed by atoms with Gasteiger partial charge in [0.25, 0.3) is 0 Å². The van der Waals surface area contributed by atoms with E-state index in [1.54, 1.807) is 30.3 Å². The molecular formula is C16H25N3O2S. The predicted octanol–water partition coefficient (Wildman–Crippen LogP) is 2.14. The third kappa shape index (κ3) is 3.62. The summed E-state index contributed by atoms with van der Waals surface area (Å²) in [5.41, 5.74) is 1.31. The van der Waals surface area contributed by atoms with E-state index < -0.39 is 0 Å². The number of rotatable bonds is 3. The zero-order valence-electron chi connectivity index (χ0n) is 13.4. The van der Waals surface area contributed by atoms with E-state index in [0.29, 0.717) is 0 Å². The topological polar surface area (TPSA) is 44.8 Å². The van der Waals surface area contributed by atoms with Crippen molar-refractivity contribution in [2.75, 3.05) is 33.8 Å². The molecule has 6 heteroatoms. The van der Waals surface area contributed by atoms with Crippen LogP contribution in [-0.2, 0) is 11.3 Å². The van der Waals surface area contributed by atoms with Crippen LogP contribution in [0, 0.1) is 0 Å². The number of hydrogen-bond donors (Lipinski definition) is 1. The summed E-state index contributed by atoms with van der Waals surface area (Å²) in [7, 11) is 3.56. The lowest BCUT2D eigenvalue weighted by atomic mass is 9.89. The second kappa shape index (κ2) is 6.56. The number of carbonyl (C=O) groups is 1. The molecule has 2 fully saturated rings. The summed E-state index contributed by atoms with van der Waals surface area (Å²) >= 11 is 1.75. The first-order valence-electron chi connectivity index (χ1n) is 7.92. The van der Waals surface area contributed by atoms with Crippen molar-refractivity contribution in [3.8, 4) is 0 Å². The Morgan fingerprint density at radius 1 is 1.59 bits per heavy atom. The molecule has 2 atom stereocenters. The summed E-state index contributed by atoms with van der Waals surface area (Å²) in [6, 6.07) is 2.41. The summed E-state index contributed by atoms with van der Waals surface area (Å²) in [4.78, 5) is 15.9. The van der Waals surface area contributed by atoms with Gasteiger partial charge in [0.15, 0.2) is 0 Å². The standard InChI is InChI=1S/C16H25N3O2S/c1-18(2)15(20)17-14-3-7-21-16(9-14)5-6-19(12-16)10-13-4-8-22-11-13/h4,8,11,14H,3,5-7,9-10,12H2,1-2H3,(H,17,20)/t14-,16-/m1/s1. The summed E-state index contributed by atoms with van der Waals surface area (Å²) < 4.78 is 6.14. The lowest BCUT2D eigenvalue weighted by molar-refractivity contribution is -0.0792. The number of nitrogens with one attached hydrogen (secondary N) is 1. The van der Waals surface area contributed by atoms with Crippen molar-refractivity contribution in [2.45, 2.75) is 37.5 Å². The van der Waals surface area contributed by atoms with Crippen molar-refractivity contribution < 1.29 is 9.53 Å². The van der Waals surface area contributed by atoms with Crippen LogP contribution >= 0.6 is 11.3 Å². The molecule has 0 unspecified atom stereocenters. The minimum absolute atomic E-state index is 0.00447. The van der Waals surface area contributed by atoms with Crippen molar-refractivity contribution in [3.63, 3.8) is 0 Å². The molecule has 1 aromatic rings. The number of ether oxygens (including phenoxy) is 1. The molecule has 2 saturated heterocycles. The van der Waals surface area contributed by atoms with Gasteiger partial charge in [0.05, 0.1) is 5.60 Å². The number of amides is 2. The van der Waals surface area contributed by atoms with E-state index in [1.165, 1.54) is 5.56 Å². The van der Waals surface area contributed by atoms with Crippen LogP contribution in [0.3, 0.4) is 0 Å². The van der Waals surface area contributed by atoms with Crippen molar-refractivity contribution in [3.05, 3.63) is 22.4 Å². The van der Waals surface area contributed by atoms with E-state index in [0.717, 1.165) is 45.5 Å². The molecule has 2 amide bonds. The van der Waals surface area contributed by atoms with Gasteiger partial charge in [-0.25, -0.2) is 4.79 Å². The Hall–Kier alpha value is -1.11. The first kappa shape index (κ1) is 15.8. The van der Waals surface area contributed by atoms with Crippen molar-refractivity contribution >= 4 is 17.4 Å². The van der Waals surface area contributed by atoms with Crippen LogP contribution in [-0.4, -0.2) is 61.3 Å². The molecule has 3 rings (SSSR count). The number of carbonyl (C=O) groups excluding carboxylic acids is 1. The number of urea groups is 1. The molecule has 2 aliphatic heterocycles. The number of thiophene rings is 1. The molecule has 22 heavy (non-hydrogen) atoms. The predicted molar refractivity (Wildman–Crippen MR) is 88.1 cm³/mol. The van der Waals surface area contributed by atoms with Gasteiger partial charge in [-0.05, 0) is 41.7 Å². The SMILES string of the molecule is CN(C)C(=O)N[C@@H]1CCO[C@]2(CCN(Cc3ccsc3)C2)C1. The molecule has 5 nitrogen and oxygen atoms in total. The Bertz CT molecular complexity index is 505. The van der Waals surface area contributed by atoms with Crippen molar-refractivity contribution in [2.24, 2.45) is 0 Å². The molecular weight excluding hydrogens is 298 g/mol. The Morgan fingerprint density at radius 2 is 2.45 bits per heavy atom. The molecule has 0 saturated carbocycles. The van der Waals surface area contributed by atoms with Gasteiger partial charge in [-0.15, -0.1) is 0 Å². The Labute approximate surface area is 136 Å². The fourth-order valence-corrected chi connectivity index (χ4v) is 4.10. The highest BCUT2D eigenvalue weighted by molar-refractivity contribution is 7.07. The molecule has 0 aliphatic carbocycles. The summed E-state index contributed by atoms with van der Waals surface area (Å²) in [5.74, 6) is 0. The van der Waals surface area contributed by atoms with Gasteiger partial charge < -0.3 is 15.0 Å². The van der Waals surface area contributed by atoms with Gasteiger partial charge in [-0.1, -0.05) is 0 Å². The van der Waals surface area contributed by atoms with Crippen LogP contribution in [0.15, 0.2) is 16.8 Å². The van der Waals surface area contributed by atoms with E-state index in [9.17, 15) is 4.79 Å². The van der Waals surface area contributed by atoms with Gasteiger partial charge in [0.1, 0.15) is 0 Å². The molecule has 1 aromatic heterocycles. The lowest BCUT2D eigenvalue weighted by Gasteiger charge is -2.38. The molecule has 2 aliphatic rings. The minimum atomic E-state index is -0.0709. The average Bonchev–Trinajstić information content (AvgIpc) is 3.10. The molecule has 0 aromatic carbocycles. The van der Waals surface area contributed by atoms with Gasteiger partial charge in [0, 0.05) is 46.4 Å². The summed E-state index contributed by atoms with van der Waals surface area (Å²) in [6.45, 7) is 3.79. The van der Waals surface area contributed by atoms with Gasteiger partial charge in [-0.3, -0.25) is 4.90 Å². The quantitative estimate of drug-likeness (QED) is 0.927. The zero-order chi connectivity index (χ0) is 15.6. The monoisotopic (exact) mass is 323 g/mol. The highest BCUT2D eigenvalue weighted by Crippen LogP contribution is 2.35. The van der Waals surface area contributed by atoms with E-state index in [4.69, 9.17) is 4.74 Å². The maximum atomic E-state index is 11.9. The molecule has 1 N–H and O–H groups in total. The number of likely N-dealkylation sites (tertiary alicyclic amines) is 1. The van der Waals surface area contributed by atoms with E-state index in [1.807, 2.05) is 0 Å². The molecule has 3 heterocycles. The fourth-order valence-electron chi connectivity index (χ4n) is 3.44. The van der Waals surface area contributed by atoms with E-state index in [-0.39, 0.29) is 17.7 Å². The smallest absolute Gasteiger partial charge is 0.317 e. The van der Waals surface area contributed by atoms with Gasteiger partial charge in [0.2, 0.25) is 0 Å². The second-order valence-electron chi connectivity index (χ2n) is 6.66. The van der Waals surface area contributed by atoms with Crippen LogP contribution in [0.25, 0.3) is 0 Å². The Morgan fingerprint density at radius 3 is 3.18 bits per heavy atom. The Balaban J connectivity index is 1.56. The highest BCUT2D eigenvalue weighted by Gasteiger charge is 2.43. The molecule has 122 valence electrons. The third-order valence-corrected chi connectivity index (χ3v) is 5.34. The molecule has 0 radical (unpaired) electrons. The number of hydrogen-bond acceptors (Lipinski definition) is 4. The van der Waals surface area contributed by atoms with Crippen molar-refractivity contribution in [1.82, 2.24) is 15.1 Å². The first-order chi connectivity index (χ1) is 10.6. The summed E-state index contributed by atoms with van der Waals surface area (Å²) in [6.07, 6.45) is 2.89. The van der Waals surface area contributed by atoms with Crippen molar-refractivity contribution in [1.29, 1.82) is 0 Å². The average molecular weight is 323 g/mol. The van der Waals surface area contributed by atoms with Crippen LogP contribution in [0.4, 0.5) is 4.79 Å². The number of nitrogens with zero attached hydrogens (tertiary/aromatic N) is 2. The maximum absolute atomic E-state index is 11.9. The zero-order valence-corrected chi connectivity index (χ0v) is 14.2. The molecule has 1 spiro atoms. The van der Waals surface area contributed by atoms with Crippen LogP contribution in [0.5, 0.6) is 0 Å². The van der Waals surface area contributed by atoms with Gasteiger partial charge >= 0.3 is 6.03 Å². The van der Waals surface area contributed by atoms with Crippen LogP contribution in [0.1, 0.15) is 24.8 Å². The van der Waals surface area contributed by atoms with E-state index >= 15 is 0 Å². The van der Waals surface area contributed by atoms with Crippen LogP contribution < -0.4 is 5.32 Å². The maximum Gasteiger partial charge on any atom is 0.317 e. The summed E-state index contributed by atoms with van der Waals surface area (Å²) in [5, 5.41) is 7.47. The second-order valence-corrected chi connectivity index (χ2v) is 7.44. The van der Waals surface area contributed by atoms with Gasteiger partial charge in [-0.2, -0.15) is 11.3 Å². The van der Waals surface area contributed by atoms with E-state index in [2.05, 4.69) is 27.0 Å². The largest absolute Gasteiger partial charge is 0.373 e.